The number of carbonyl (C=O) groups is 2. The molecule has 1 N–H and O–H groups in total. The molecule has 4 fully saturated rings. The van der Waals surface area contributed by atoms with Crippen LogP contribution in [0.4, 0.5) is 10.2 Å². The summed E-state index contributed by atoms with van der Waals surface area (Å²) in [6, 6.07) is 3.99. The van der Waals surface area contributed by atoms with Gasteiger partial charge in [0.25, 0.3) is 5.91 Å². The Morgan fingerprint density at radius 3 is 2.41 bits per heavy atom. The zero-order valence-electron chi connectivity index (χ0n) is 26.6. The molecular formula is C34H47FN6O3. The molecule has 238 valence electrons. The summed E-state index contributed by atoms with van der Waals surface area (Å²) in [7, 11) is 0. The van der Waals surface area contributed by atoms with Crippen LogP contribution in [0.1, 0.15) is 89.4 Å². The molecule has 1 aliphatic carbocycles. The van der Waals surface area contributed by atoms with Gasteiger partial charge in [-0.2, -0.15) is 0 Å². The van der Waals surface area contributed by atoms with Crippen LogP contribution in [0.5, 0.6) is 11.5 Å². The molecule has 4 aliphatic rings. The first-order valence-corrected chi connectivity index (χ1v) is 16.4. The van der Waals surface area contributed by atoms with Gasteiger partial charge in [-0.1, -0.05) is 0 Å². The Bertz CT molecular complexity index is 1350. The molecule has 0 atom stereocenters. The maximum Gasteiger partial charge on any atom is 0.258 e. The molecular weight excluding hydrogens is 559 g/mol. The average Bonchev–Trinajstić information content (AvgIpc) is 3.34. The molecule has 10 heteroatoms. The number of nitrogens with one attached hydrogen (secondary N) is 1. The molecule has 44 heavy (non-hydrogen) atoms. The van der Waals surface area contributed by atoms with E-state index in [0.29, 0.717) is 23.7 Å². The Labute approximate surface area is 260 Å². The molecule has 6 rings (SSSR count). The Morgan fingerprint density at radius 1 is 1.07 bits per heavy atom. The minimum atomic E-state index is -0.483. The van der Waals surface area contributed by atoms with E-state index in [1.165, 1.54) is 37.4 Å². The van der Waals surface area contributed by atoms with Crippen molar-refractivity contribution in [3.8, 4) is 11.5 Å². The molecule has 0 radical (unpaired) electrons. The first-order valence-electron chi connectivity index (χ1n) is 16.4. The monoisotopic (exact) mass is 606 g/mol. The van der Waals surface area contributed by atoms with Gasteiger partial charge in [0, 0.05) is 49.1 Å². The zero-order chi connectivity index (χ0) is 31.1. The Balaban J connectivity index is 1.06. The van der Waals surface area contributed by atoms with Gasteiger partial charge in [-0.15, -0.1) is 0 Å². The highest BCUT2D eigenvalue weighted by atomic mass is 19.1. The fourth-order valence-electron chi connectivity index (χ4n) is 8.07. The Kier molecular flexibility index (Phi) is 8.56. The number of likely N-dealkylation sites (tertiary alicyclic amines) is 1. The second kappa shape index (κ2) is 12.3. The summed E-state index contributed by atoms with van der Waals surface area (Å²) >= 11 is 0. The molecule has 3 aliphatic heterocycles. The quantitative estimate of drug-likeness (QED) is 0.430. The predicted molar refractivity (Wildman–Crippen MR) is 167 cm³/mol. The number of hydrogen-bond acceptors (Lipinski definition) is 7. The van der Waals surface area contributed by atoms with Crippen LogP contribution in [0.25, 0.3) is 0 Å². The van der Waals surface area contributed by atoms with Crippen molar-refractivity contribution in [1.82, 2.24) is 25.1 Å². The summed E-state index contributed by atoms with van der Waals surface area (Å²) in [5, 5.41) is 3.27. The maximum atomic E-state index is 14.3. The summed E-state index contributed by atoms with van der Waals surface area (Å²) in [6.07, 6.45) is 11.9. The number of halogens is 1. The first kappa shape index (κ1) is 30.7. The van der Waals surface area contributed by atoms with Gasteiger partial charge in [0.05, 0.1) is 11.8 Å². The van der Waals surface area contributed by atoms with Crippen LogP contribution in [0.15, 0.2) is 30.7 Å². The molecule has 0 bridgehead atoms. The number of carbonyl (C=O) groups excluding carboxylic acids is 2. The zero-order valence-corrected chi connectivity index (χ0v) is 26.6. The van der Waals surface area contributed by atoms with Crippen molar-refractivity contribution in [2.24, 2.45) is 11.3 Å². The largest absolute Gasteiger partial charge is 0.451 e. The maximum absolute atomic E-state index is 14.3. The van der Waals surface area contributed by atoms with Gasteiger partial charge < -0.3 is 24.8 Å². The third kappa shape index (κ3) is 6.28. The normalized spacial score (nSPS) is 25.0. The van der Waals surface area contributed by atoms with Gasteiger partial charge in [0.1, 0.15) is 17.9 Å². The van der Waals surface area contributed by atoms with E-state index in [1.54, 1.807) is 11.1 Å². The number of aromatic nitrogens is 2. The van der Waals surface area contributed by atoms with Crippen molar-refractivity contribution in [2.45, 2.75) is 96.7 Å². The minimum absolute atomic E-state index is 0.0473. The standard InChI is InChI=1S/C34H47FN6O3/c1-23(2)41(24(3)4)32(43)27-17-26(35)5-6-28(27)44-29-18-36-22-37-31(29)40-20-33(21-40)13-15-39(16-14-33)19-25-7-10-34(11-8-25)12-9-30(42)38-34/h5-6,17-18,22-25H,7-16,19-21H2,1-4H3,(H,38,42)/t25-,34-. The highest BCUT2D eigenvalue weighted by Gasteiger charge is 2.47. The van der Waals surface area contributed by atoms with E-state index in [1.807, 2.05) is 27.7 Å². The molecule has 2 aromatic rings. The average molecular weight is 607 g/mol. The fraction of sp³-hybridized carbons (Fsp3) is 0.647. The molecule has 3 saturated heterocycles. The van der Waals surface area contributed by atoms with Crippen LogP contribution >= 0.6 is 0 Å². The van der Waals surface area contributed by atoms with Crippen LogP contribution in [0, 0.1) is 17.2 Å². The lowest BCUT2D eigenvalue weighted by Gasteiger charge is -2.55. The Hall–Kier alpha value is -3.27. The predicted octanol–water partition coefficient (Wildman–Crippen LogP) is 5.41. The number of nitrogens with zero attached hydrogens (tertiary/aromatic N) is 5. The summed E-state index contributed by atoms with van der Waals surface area (Å²) < 4.78 is 20.6. The summed E-state index contributed by atoms with van der Waals surface area (Å²) in [6.45, 7) is 13.0. The van der Waals surface area contributed by atoms with Crippen molar-refractivity contribution in [3.05, 3.63) is 42.1 Å². The van der Waals surface area contributed by atoms with E-state index >= 15 is 0 Å². The second-order valence-electron chi connectivity index (χ2n) is 14.3. The summed E-state index contributed by atoms with van der Waals surface area (Å²) in [4.78, 5) is 40.7. The van der Waals surface area contributed by atoms with Gasteiger partial charge in [-0.25, -0.2) is 14.4 Å². The van der Waals surface area contributed by atoms with Crippen LogP contribution < -0.4 is 15.0 Å². The second-order valence-corrected chi connectivity index (χ2v) is 14.3. The van der Waals surface area contributed by atoms with Gasteiger partial charge in [-0.3, -0.25) is 9.59 Å². The number of rotatable bonds is 8. The molecule has 2 spiro atoms. The number of piperidine rings is 1. The minimum Gasteiger partial charge on any atom is -0.451 e. The molecule has 4 heterocycles. The fourth-order valence-corrected chi connectivity index (χ4v) is 8.07. The highest BCUT2D eigenvalue weighted by Crippen LogP contribution is 2.46. The van der Waals surface area contributed by atoms with E-state index in [4.69, 9.17) is 4.74 Å². The van der Waals surface area contributed by atoms with Gasteiger partial charge in [0.2, 0.25) is 5.91 Å². The Morgan fingerprint density at radius 2 is 1.77 bits per heavy atom. The summed E-state index contributed by atoms with van der Waals surface area (Å²) in [5.41, 5.74) is 0.556. The van der Waals surface area contributed by atoms with E-state index in [0.717, 1.165) is 70.7 Å². The van der Waals surface area contributed by atoms with Crippen molar-refractivity contribution in [2.75, 3.05) is 37.6 Å². The lowest BCUT2D eigenvalue weighted by Crippen LogP contribution is -2.61. The molecule has 1 aromatic carbocycles. The van der Waals surface area contributed by atoms with Crippen LogP contribution in [-0.4, -0.2) is 81.9 Å². The number of benzene rings is 1. The summed E-state index contributed by atoms with van der Waals surface area (Å²) in [5.74, 6) is 1.67. The third-order valence-electron chi connectivity index (χ3n) is 10.5. The molecule has 0 unspecified atom stereocenters. The number of ether oxygens (including phenoxy) is 1. The van der Waals surface area contributed by atoms with E-state index in [2.05, 4.69) is 25.1 Å². The molecule has 1 saturated carbocycles. The van der Waals surface area contributed by atoms with E-state index < -0.39 is 5.82 Å². The first-order chi connectivity index (χ1) is 21.1. The third-order valence-corrected chi connectivity index (χ3v) is 10.5. The lowest BCUT2D eigenvalue weighted by atomic mass is 9.71. The van der Waals surface area contributed by atoms with E-state index in [9.17, 15) is 14.0 Å². The lowest BCUT2D eigenvalue weighted by molar-refractivity contribution is -0.120. The smallest absolute Gasteiger partial charge is 0.258 e. The van der Waals surface area contributed by atoms with Crippen molar-refractivity contribution >= 4 is 17.6 Å². The van der Waals surface area contributed by atoms with Crippen LogP contribution in [-0.2, 0) is 4.79 Å². The van der Waals surface area contributed by atoms with E-state index in [-0.39, 0.29) is 40.4 Å². The van der Waals surface area contributed by atoms with Crippen LogP contribution in [0.3, 0.4) is 0 Å². The number of hydrogen-bond donors (Lipinski definition) is 1. The van der Waals surface area contributed by atoms with Crippen molar-refractivity contribution in [3.63, 3.8) is 0 Å². The molecule has 9 nitrogen and oxygen atoms in total. The van der Waals surface area contributed by atoms with Crippen LogP contribution in [0.2, 0.25) is 0 Å². The molecule has 1 aromatic heterocycles. The van der Waals surface area contributed by atoms with Crippen molar-refractivity contribution < 1.29 is 18.7 Å². The number of amides is 2. The topological polar surface area (TPSA) is 90.9 Å². The molecule has 2 amide bonds. The van der Waals surface area contributed by atoms with Gasteiger partial charge in [-0.05, 0) is 110 Å². The van der Waals surface area contributed by atoms with Crippen molar-refractivity contribution in [1.29, 1.82) is 0 Å². The number of anilines is 1. The van der Waals surface area contributed by atoms with Gasteiger partial charge >= 0.3 is 0 Å². The van der Waals surface area contributed by atoms with Gasteiger partial charge in [0.15, 0.2) is 11.6 Å². The highest BCUT2D eigenvalue weighted by molar-refractivity contribution is 5.97. The SMILES string of the molecule is CC(C)N(C(=O)c1cc(F)ccc1Oc1cncnc1N1CC2(CCN(C[C@H]3CC[C@@]4(CCC(=O)N4)CC3)CC2)C1)C(C)C.